The van der Waals surface area contributed by atoms with Gasteiger partial charge >= 0.3 is 0 Å². The Morgan fingerprint density at radius 2 is 2.00 bits per heavy atom. The standard InChI is InChI=1S/C21H32/c1-6-7-10-15(3)19(5)16(4)18-20(21(18)13-17(19)21)11-8-9-14(2)12-20/h6-7,10,14-18H,1,8-9,11-13H2,2-5H3/b10-7+/t14?,15-,16?,17?,18?,19-,20?,21?/m0/s1. The summed E-state index contributed by atoms with van der Waals surface area (Å²) in [6, 6.07) is 0. The van der Waals surface area contributed by atoms with Crippen LogP contribution in [0.1, 0.15) is 59.8 Å². The zero-order chi connectivity index (χ0) is 15.0. The Morgan fingerprint density at radius 3 is 2.57 bits per heavy atom. The summed E-state index contributed by atoms with van der Waals surface area (Å²) in [6.45, 7) is 14.0. The van der Waals surface area contributed by atoms with Gasteiger partial charge in [0.25, 0.3) is 0 Å². The molecular formula is C21H32. The van der Waals surface area contributed by atoms with Crippen molar-refractivity contribution in [2.45, 2.75) is 59.8 Å². The van der Waals surface area contributed by atoms with Crippen molar-refractivity contribution >= 4 is 0 Å². The van der Waals surface area contributed by atoms with Gasteiger partial charge in [-0.05, 0) is 65.1 Å². The average molecular weight is 284 g/mol. The summed E-state index contributed by atoms with van der Waals surface area (Å²) in [6.07, 6.45) is 14.2. The maximum atomic E-state index is 3.84. The van der Waals surface area contributed by atoms with Gasteiger partial charge in [-0.3, -0.25) is 0 Å². The molecule has 0 nitrogen and oxygen atoms in total. The molecule has 0 heterocycles. The summed E-state index contributed by atoms with van der Waals surface area (Å²) in [5.74, 6) is 4.66. The van der Waals surface area contributed by atoms with Crippen molar-refractivity contribution in [1.29, 1.82) is 0 Å². The Labute approximate surface area is 131 Å². The first-order valence-electron chi connectivity index (χ1n) is 9.24. The van der Waals surface area contributed by atoms with E-state index in [4.69, 9.17) is 0 Å². The van der Waals surface area contributed by atoms with Gasteiger partial charge in [-0.1, -0.05) is 65.3 Å². The second-order valence-corrected chi connectivity index (χ2v) is 9.20. The van der Waals surface area contributed by atoms with Gasteiger partial charge < -0.3 is 0 Å². The van der Waals surface area contributed by atoms with E-state index in [1.54, 1.807) is 19.3 Å². The summed E-state index contributed by atoms with van der Waals surface area (Å²) >= 11 is 0. The molecule has 4 saturated carbocycles. The minimum atomic E-state index is 0.538. The Balaban J connectivity index is 1.61. The van der Waals surface area contributed by atoms with Crippen LogP contribution in [0.2, 0.25) is 0 Å². The highest BCUT2D eigenvalue weighted by molar-refractivity contribution is 5.41. The predicted octanol–water partition coefficient (Wildman–Crippen LogP) is 5.85. The summed E-state index contributed by atoms with van der Waals surface area (Å²) < 4.78 is 0. The Bertz CT molecular complexity index is 498. The van der Waals surface area contributed by atoms with Crippen LogP contribution in [-0.4, -0.2) is 0 Å². The Morgan fingerprint density at radius 1 is 1.24 bits per heavy atom. The van der Waals surface area contributed by atoms with E-state index in [1.165, 1.54) is 12.8 Å². The smallest absolute Gasteiger partial charge is 0.0164 e. The fourth-order valence-corrected chi connectivity index (χ4v) is 7.76. The van der Waals surface area contributed by atoms with Crippen molar-refractivity contribution in [3.63, 3.8) is 0 Å². The van der Waals surface area contributed by atoms with Gasteiger partial charge in [0.05, 0.1) is 0 Å². The van der Waals surface area contributed by atoms with Crippen LogP contribution in [0.3, 0.4) is 0 Å². The van der Waals surface area contributed by atoms with Crippen molar-refractivity contribution in [1.82, 2.24) is 0 Å². The van der Waals surface area contributed by atoms with E-state index in [0.717, 1.165) is 34.5 Å². The normalized spacial score (nSPS) is 58.9. The molecular weight excluding hydrogens is 252 g/mol. The van der Waals surface area contributed by atoms with Gasteiger partial charge in [-0.25, -0.2) is 0 Å². The first-order valence-corrected chi connectivity index (χ1v) is 9.24. The van der Waals surface area contributed by atoms with Crippen molar-refractivity contribution in [3.05, 3.63) is 24.8 Å². The third kappa shape index (κ3) is 1.39. The zero-order valence-corrected chi connectivity index (χ0v) is 14.4. The molecule has 2 spiro atoms. The molecule has 0 saturated heterocycles. The molecule has 4 aliphatic carbocycles. The molecule has 0 radical (unpaired) electrons. The fraction of sp³-hybridized carbons (Fsp3) is 0.810. The first kappa shape index (κ1) is 14.1. The highest BCUT2D eigenvalue weighted by Crippen LogP contribution is 2.99. The highest BCUT2D eigenvalue weighted by atomic mass is 15.0. The molecule has 0 heteroatoms. The number of hydrogen-bond donors (Lipinski definition) is 0. The lowest BCUT2D eigenvalue weighted by molar-refractivity contribution is 0.0719. The Kier molecular flexibility index (Phi) is 2.73. The fourth-order valence-electron chi connectivity index (χ4n) is 7.76. The summed E-state index contributed by atoms with van der Waals surface area (Å²) in [7, 11) is 0. The van der Waals surface area contributed by atoms with E-state index in [9.17, 15) is 0 Å². The Hall–Kier alpha value is -0.520. The molecule has 0 aromatic heterocycles. The molecule has 0 N–H and O–H groups in total. The van der Waals surface area contributed by atoms with Gasteiger partial charge in [0.2, 0.25) is 0 Å². The van der Waals surface area contributed by atoms with Crippen LogP contribution in [0, 0.1) is 45.8 Å². The molecule has 116 valence electrons. The lowest BCUT2D eigenvalue weighted by Gasteiger charge is -2.42. The third-order valence-electron chi connectivity index (χ3n) is 8.78. The molecule has 0 aromatic rings. The van der Waals surface area contributed by atoms with Gasteiger partial charge in [0, 0.05) is 0 Å². The first-order chi connectivity index (χ1) is 9.95. The molecule has 8 atom stereocenters. The average Bonchev–Trinajstić information content (AvgIpc) is 3.29. The minimum absolute atomic E-state index is 0.538. The number of hydrogen-bond acceptors (Lipinski definition) is 0. The van der Waals surface area contributed by atoms with Crippen molar-refractivity contribution in [2.24, 2.45) is 45.8 Å². The van der Waals surface area contributed by atoms with E-state index in [1.807, 2.05) is 6.08 Å². The largest absolute Gasteiger partial charge is 0.0991 e. The van der Waals surface area contributed by atoms with E-state index in [-0.39, 0.29) is 0 Å². The van der Waals surface area contributed by atoms with E-state index < -0.39 is 0 Å². The molecule has 6 unspecified atom stereocenters. The quantitative estimate of drug-likeness (QED) is 0.570. The van der Waals surface area contributed by atoms with Crippen LogP contribution >= 0.6 is 0 Å². The zero-order valence-electron chi connectivity index (χ0n) is 14.4. The van der Waals surface area contributed by atoms with E-state index >= 15 is 0 Å². The maximum absolute atomic E-state index is 3.84. The highest BCUT2D eigenvalue weighted by Gasteiger charge is 2.94. The van der Waals surface area contributed by atoms with Crippen LogP contribution in [0.5, 0.6) is 0 Å². The monoisotopic (exact) mass is 284 g/mol. The summed E-state index contributed by atoms with van der Waals surface area (Å²) in [4.78, 5) is 0. The lowest BCUT2D eigenvalue weighted by Crippen LogP contribution is -2.36. The topological polar surface area (TPSA) is 0 Å². The van der Waals surface area contributed by atoms with Crippen LogP contribution < -0.4 is 0 Å². The molecule has 0 aromatic carbocycles. The van der Waals surface area contributed by atoms with Crippen LogP contribution in [0.25, 0.3) is 0 Å². The van der Waals surface area contributed by atoms with Gasteiger partial charge in [0.15, 0.2) is 0 Å². The van der Waals surface area contributed by atoms with Crippen molar-refractivity contribution < 1.29 is 0 Å². The minimum Gasteiger partial charge on any atom is -0.0991 e. The van der Waals surface area contributed by atoms with E-state index in [2.05, 4.69) is 46.4 Å². The van der Waals surface area contributed by atoms with Crippen LogP contribution in [0.15, 0.2) is 24.8 Å². The van der Waals surface area contributed by atoms with Gasteiger partial charge in [-0.15, -0.1) is 0 Å². The summed E-state index contributed by atoms with van der Waals surface area (Å²) in [5.41, 5.74) is 2.12. The predicted molar refractivity (Wildman–Crippen MR) is 89.9 cm³/mol. The third-order valence-corrected chi connectivity index (χ3v) is 8.78. The van der Waals surface area contributed by atoms with Gasteiger partial charge in [-0.2, -0.15) is 0 Å². The summed E-state index contributed by atoms with van der Waals surface area (Å²) in [5, 5.41) is 0. The maximum Gasteiger partial charge on any atom is -0.0164 e. The van der Waals surface area contributed by atoms with Crippen LogP contribution in [0.4, 0.5) is 0 Å². The number of allylic oxidation sites excluding steroid dienone is 3. The molecule has 4 rings (SSSR count). The van der Waals surface area contributed by atoms with Gasteiger partial charge in [0.1, 0.15) is 0 Å². The lowest BCUT2D eigenvalue weighted by atomic mass is 9.62. The SMILES string of the molecule is C=C/C=C/[C@H](C)[C@@]1(C)C(C)C2C3(CCCC(C)C3)C23CC31. The molecule has 0 aliphatic heterocycles. The molecule has 0 amide bonds. The molecule has 0 bridgehead atoms. The number of fused-ring (bicyclic) bond motifs is 1. The van der Waals surface area contributed by atoms with E-state index in [0.29, 0.717) is 11.3 Å². The number of rotatable bonds is 3. The molecule has 21 heavy (non-hydrogen) atoms. The molecule has 4 fully saturated rings. The van der Waals surface area contributed by atoms with Crippen molar-refractivity contribution in [2.75, 3.05) is 0 Å². The second kappa shape index (κ2) is 4.06. The second-order valence-electron chi connectivity index (χ2n) is 9.20. The molecule has 4 aliphatic rings. The van der Waals surface area contributed by atoms with Crippen LogP contribution in [-0.2, 0) is 0 Å². The van der Waals surface area contributed by atoms with Crippen molar-refractivity contribution in [3.8, 4) is 0 Å².